The number of nitrogens with zero attached hydrogens (tertiary/aromatic N) is 1. The molecule has 0 saturated heterocycles. The van der Waals surface area contributed by atoms with Crippen molar-refractivity contribution in [2.24, 2.45) is 0 Å². The van der Waals surface area contributed by atoms with Crippen molar-refractivity contribution in [3.63, 3.8) is 0 Å². The lowest BCUT2D eigenvalue weighted by molar-refractivity contribution is -0.115. The standard InChI is InChI=1S/C21H28N2O3S/c1-6-23(7-2)27(25,26)19-12-16(4)17(5)20(14-19)22-21(24)13-18-10-8-15(3)9-11-18/h8-12,14H,6-7,13H2,1-5H3,(H,22,24). The van der Waals surface area contributed by atoms with Crippen molar-refractivity contribution in [2.45, 2.75) is 45.9 Å². The van der Waals surface area contributed by atoms with Crippen LogP contribution in [0.2, 0.25) is 0 Å². The molecule has 0 atom stereocenters. The van der Waals surface area contributed by atoms with E-state index in [0.29, 0.717) is 18.8 Å². The highest BCUT2D eigenvalue weighted by Crippen LogP contribution is 2.26. The van der Waals surface area contributed by atoms with E-state index in [1.807, 2.05) is 58.9 Å². The summed E-state index contributed by atoms with van der Waals surface area (Å²) in [7, 11) is -3.58. The molecule has 0 aromatic heterocycles. The number of nitrogens with one attached hydrogen (secondary N) is 1. The lowest BCUT2D eigenvalue weighted by atomic mass is 10.1. The van der Waals surface area contributed by atoms with E-state index in [2.05, 4.69) is 5.32 Å². The number of hydrogen-bond donors (Lipinski definition) is 1. The van der Waals surface area contributed by atoms with Crippen LogP contribution in [0.1, 0.15) is 36.1 Å². The van der Waals surface area contributed by atoms with Gasteiger partial charge < -0.3 is 5.32 Å². The van der Waals surface area contributed by atoms with Gasteiger partial charge in [0.15, 0.2) is 0 Å². The van der Waals surface area contributed by atoms with Crippen molar-refractivity contribution in [2.75, 3.05) is 18.4 Å². The zero-order chi connectivity index (χ0) is 20.2. The van der Waals surface area contributed by atoms with Gasteiger partial charge in [-0.3, -0.25) is 4.79 Å². The average molecular weight is 389 g/mol. The second kappa shape index (κ2) is 8.67. The number of benzene rings is 2. The lowest BCUT2D eigenvalue weighted by Gasteiger charge is -2.20. The predicted octanol–water partition coefficient (Wildman–Crippen LogP) is 3.82. The maximum atomic E-state index is 12.8. The molecule has 0 radical (unpaired) electrons. The SMILES string of the molecule is CCN(CC)S(=O)(=O)c1cc(C)c(C)c(NC(=O)Cc2ccc(C)cc2)c1. The number of anilines is 1. The van der Waals surface area contributed by atoms with Gasteiger partial charge in [-0.05, 0) is 49.6 Å². The van der Waals surface area contributed by atoms with Gasteiger partial charge in [-0.15, -0.1) is 0 Å². The number of carbonyl (C=O) groups excluding carboxylic acids is 1. The van der Waals surface area contributed by atoms with Gasteiger partial charge in [0.25, 0.3) is 0 Å². The topological polar surface area (TPSA) is 66.5 Å². The molecule has 0 saturated carbocycles. The summed E-state index contributed by atoms with van der Waals surface area (Å²) in [5.41, 5.74) is 4.29. The van der Waals surface area contributed by atoms with E-state index < -0.39 is 10.0 Å². The molecule has 2 rings (SSSR count). The maximum absolute atomic E-state index is 12.8. The van der Waals surface area contributed by atoms with Crippen molar-refractivity contribution >= 4 is 21.6 Å². The van der Waals surface area contributed by atoms with Gasteiger partial charge in [-0.2, -0.15) is 4.31 Å². The molecule has 6 heteroatoms. The Morgan fingerprint density at radius 3 is 2.15 bits per heavy atom. The summed E-state index contributed by atoms with van der Waals surface area (Å²) in [5, 5.41) is 2.88. The largest absolute Gasteiger partial charge is 0.326 e. The van der Waals surface area contributed by atoms with Gasteiger partial charge in [-0.25, -0.2) is 8.42 Å². The average Bonchev–Trinajstić information content (AvgIpc) is 2.61. The number of aryl methyl sites for hydroxylation is 2. The van der Waals surface area contributed by atoms with Crippen molar-refractivity contribution in [1.29, 1.82) is 0 Å². The summed E-state index contributed by atoms with van der Waals surface area (Å²) in [6, 6.07) is 11.0. The van der Waals surface area contributed by atoms with Crippen LogP contribution in [-0.2, 0) is 21.2 Å². The first kappa shape index (κ1) is 21.1. The third-order valence-electron chi connectivity index (χ3n) is 4.74. The highest BCUT2D eigenvalue weighted by atomic mass is 32.2. The summed E-state index contributed by atoms with van der Waals surface area (Å²) < 4.78 is 27.1. The van der Waals surface area contributed by atoms with Gasteiger partial charge >= 0.3 is 0 Å². The van der Waals surface area contributed by atoms with Crippen molar-refractivity contribution in [3.8, 4) is 0 Å². The van der Waals surface area contributed by atoms with Crippen molar-refractivity contribution in [3.05, 3.63) is 58.7 Å². The molecular weight excluding hydrogens is 360 g/mol. The van der Waals surface area contributed by atoms with Crippen LogP contribution < -0.4 is 5.32 Å². The molecule has 0 aliphatic heterocycles. The summed E-state index contributed by atoms with van der Waals surface area (Å²) in [6.07, 6.45) is 0.242. The molecular formula is C21H28N2O3S. The van der Waals surface area contributed by atoms with Crippen molar-refractivity contribution in [1.82, 2.24) is 4.31 Å². The first-order chi connectivity index (χ1) is 12.7. The number of sulfonamides is 1. The van der Waals surface area contributed by atoms with E-state index in [-0.39, 0.29) is 17.2 Å². The molecule has 5 nitrogen and oxygen atoms in total. The Balaban J connectivity index is 2.30. The first-order valence-electron chi connectivity index (χ1n) is 9.15. The Bertz CT molecular complexity index is 915. The minimum Gasteiger partial charge on any atom is -0.326 e. The van der Waals surface area contributed by atoms with Crippen molar-refractivity contribution < 1.29 is 13.2 Å². The van der Waals surface area contributed by atoms with E-state index in [1.165, 1.54) is 4.31 Å². The second-order valence-electron chi connectivity index (χ2n) is 6.71. The quantitative estimate of drug-likeness (QED) is 0.784. The second-order valence-corrected chi connectivity index (χ2v) is 8.65. The lowest BCUT2D eigenvalue weighted by Crippen LogP contribution is -2.30. The van der Waals surface area contributed by atoms with Gasteiger partial charge in [0.2, 0.25) is 15.9 Å². The third-order valence-corrected chi connectivity index (χ3v) is 6.77. The molecule has 0 heterocycles. The minimum atomic E-state index is -3.58. The van der Waals surface area contributed by atoms with Gasteiger partial charge in [0.05, 0.1) is 11.3 Å². The van der Waals surface area contributed by atoms with E-state index >= 15 is 0 Å². The van der Waals surface area contributed by atoms with Crippen LogP contribution in [0, 0.1) is 20.8 Å². The fourth-order valence-corrected chi connectivity index (χ4v) is 4.47. The number of carbonyl (C=O) groups is 1. The van der Waals surface area contributed by atoms with E-state index in [4.69, 9.17) is 0 Å². The summed E-state index contributed by atoms with van der Waals surface area (Å²) in [6.45, 7) is 10.2. The normalized spacial score (nSPS) is 11.6. The molecule has 0 aliphatic rings. The Kier molecular flexibility index (Phi) is 6.78. The molecule has 0 unspecified atom stereocenters. The van der Waals surface area contributed by atoms with E-state index in [0.717, 1.165) is 22.3 Å². The summed E-state index contributed by atoms with van der Waals surface area (Å²) in [4.78, 5) is 12.7. The Labute approximate surface area is 162 Å². The number of amides is 1. The summed E-state index contributed by atoms with van der Waals surface area (Å²) in [5.74, 6) is -0.168. The van der Waals surface area contributed by atoms with Crippen LogP contribution >= 0.6 is 0 Å². The molecule has 0 spiro atoms. The Hall–Kier alpha value is -2.18. The zero-order valence-electron chi connectivity index (χ0n) is 16.7. The maximum Gasteiger partial charge on any atom is 0.243 e. The molecule has 0 fully saturated rings. The molecule has 27 heavy (non-hydrogen) atoms. The van der Waals surface area contributed by atoms with Crippen LogP contribution in [0.5, 0.6) is 0 Å². The van der Waals surface area contributed by atoms with E-state index in [1.54, 1.807) is 12.1 Å². The van der Waals surface area contributed by atoms with E-state index in [9.17, 15) is 13.2 Å². The Morgan fingerprint density at radius 2 is 1.59 bits per heavy atom. The monoisotopic (exact) mass is 388 g/mol. The molecule has 0 aliphatic carbocycles. The fraction of sp³-hybridized carbons (Fsp3) is 0.381. The Morgan fingerprint density at radius 1 is 1.00 bits per heavy atom. The molecule has 0 bridgehead atoms. The molecule has 2 aromatic carbocycles. The van der Waals surface area contributed by atoms with Gasteiger partial charge in [0.1, 0.15) is 0 Å². The zero-order valence-corrected chi connectivity index (χ0v) is 17.5. The van der Waals surface area contributed by atoms with Crippen LogP contribution in [0.4, 0.5) is 5.69 Å². The predicted molar refractivity (Wildman–Crippen MR) is 110 cm³/mol. The highest BCUT2D eigenvalue weighted by Gasteiger charge is 2.23. The highest BCUT2D eigenvalue weighted by molar-refractivity contribution is 7.89. The number of hydrogen-bond acceptors (Lipinski definition) is 3. The van der Waals surface area contributed by atoms with Crippen LogP contribution in [-0.4, -0.2) is 31.7 Å². The molecule has 1 amide bonds. The smallest absolute Gasteiger partial charge is 0.243 e. The molecule has 1 N–H and O–H groups in total. The minimum absolute atomic E-state index is 0.168. The van der Waals surface area contributed by atoms with Crippen LogP contribution in [0.3, 0.4) is 0 Å². The van der Waals surface area contributed by atoms with Crippen LogP contribution in [0.25, 0.3) is 0 Å². The fourth-order valence-electron chi connectivity index (χ4n) is 2.90. The third kappa shape index (κ3) is 4.96. The summed E-state index contributed by atoms with van der Waals surface area (Å²) >= 11 is 0. The van der Waals surface area contributed by atoms with Crippen LogP contribution in [0.15, 0.2) is 41.3 Å². The molecule has 146 valence electrons. The van der Waals surface area contributed by atoms with Gasteiger partial charge in [-0.1, -0.05) is 43.7 Å². The first-order valence-corrected chi connectivity index (χ1v) is 10.6. The molecule has 2 aromatic rings. The van der Waals surface area contributed by atoms with Gasteiger partial charge in [0, 0.05) is 18.8 Å². The number of rotatable bonds is 7.